The minimum Gasteiger partial charge on any atom is -0.464 e. The molecule has 0 unspecified atom stereocenters. The van der Waals surface area contributed by atoms with Gasteiger partial charge in [0.1, 0.15) is 5.69 Å². The van der Waals surface area contributed by atoms with Gasteiger partial charge in [-0.2, -0.15) is 5.10 Å². The van der Waals surface area contributed by atoms with Crippen LogP contribution in [-0.2, 0) is 4.74 Å². The summed E-state index contributed by atoms with van der Waals surface area (Å²) in [6.07, 6.45) is 4.83. The van der Waals surface area contributed by atoms with Crippen LogP contribution in [0.5, 0.6) is 0 Å². The number of hydrogen-bond donors (Lipinski definition) is 2. The van der Waals surface area contributed by atoms with Crippen LogP contribution < -0.4 is 5.32 Å². The predicted molar refractivity (Wildman–Crippen MR) is 105 cm³/mol. The van der Waals surface area contributed by atoms with Crippen molar-refractivity contribution in [1.29, 1.82) is 0 Å². The summed E-state index contributed by atoms with van der Waals surface area (Å²) in [5.41, 5.74) is 3.01. The highest BCUT2D eigenvalue weighted by Crippen LogP contribution is 2.26. The number of amides is 1. The normalized spacial score (nSPS) is 10.6. The largest absolute Gasteiger partial charge is 0.464 e. The van der Waals surface area contributed by atoms with Gasteiger partial charge in [0, 0.05) is 23.3 Å². The van der Waals surface area contributed by atoms with Gasteiger partial charge < -0.3 is 9.72 Å². The summed E-state index contributed by atoms with van der Waals surface area (Å²) in [4.78, 5) is 31.2. The number of carbonyl (C=O) groups is 2. The third-order valence-electron chi connectivity index (χ3n) is 3.97. The van der Waals surface area contributed by atoms with Crippen LogP contribution in [0.25, 0.3) is 16.9 Å². The Labute approximate surface area is 163 Å². The van der Waals surface area contributed by atoms with Gasteiger partial charge in [-0.15, -0.1) is 11.3 Å². The van der Waals surface area contributed by atoms with Crippen LogP contribution >= 0.6 is 11.3 Å². The van der Waals surface area contributed by atoms with Gasteiger partial charge >= 0.3 is 5.97 Å². The molecule has 0 saturated carbocycles. The molecule has 0 aliphatic carbocycles. The number of para-hydroxylation sites is 1. The summed E-state index contributed by atoms with van der Waals surface area (Å²) in [6.45, 7) is 0. The second-order valence-corrected chi connectivity index (χ2v) is 6.65. The van der Waals surface area contributed by atoms with Crippen LogP contribution in [-0.4, -0.2) is 38.7 Å². The SMILES string of the molecule is COC(=O)c1cc(-c2csc(NC(=O)c3cnn(-c4ccccc4)c3)n2)c[nH]1. The van der Waals surface area contributed by atoms with Gasteiger partial charge in [-0.3, -0.25) is 10.1 Å². The van der Waals surface area contributed by atoms with Gasteiger partial charge in [0.2, 0.25) is 0 Å². The third kappa shape index (κ3) is 3.55. The Morgan fingerprint density at radius 1 is 1.25 bits per heavy atom. The van der Waals surface area contributed by atoms with Gasteiger partial charge in [0.05, 0.1) is 30.3 Å². The molecule has 3 aromatic heterocycles. The zero-order valence-corrected chi connectivity index (χ0v) is 15.6. The smallest absolute Gasteiger partial charge is 0.354 e. The Balaban J connectivity index is 1.47. The lowest BCUT2D eigenvalue weighted by Gasteiger charge is -2.00. The number of benzene rings is 1. The van der Waals surface area contributed by atoms with Crippen LogP contribution in [0.1, 0.15) is 20.8 Å². The molecule has 0 atom stereocenters. The van der Waals surface area contributed by atoms with Crippen molar-refractivity contribution < 1.29 is 14.3 Å². The zero-order chi connectivity index (χ0) is 19.5. The van der Waals surface area contributed by atoms with Crippen LogP contribution in [0.15, 0.2) is 60.4 Å². The average molecular weight is 393 g/mol. The molecule has 0 radical (unpaired) electrons. The molecular formula is C19H15N5O3S. The van der Waals surface area contributed by atoms with Gasteiger partial charge in [-0.1, -0.05) is 18.2 Å². The predicted octanol–water partition coefficient (Wildman–Crippen LogP) is 3.36. The van der Waals surface area contributed by atoms with Crippen molar-refractivity contribution in [3.05, 3.63) is 71.6 Å². The van der Waals surface area contributed by atoms with E-state index in [-0.39, 0.29) is 5.91 Å². The van der Waals surface area contributed by atoms with Gasteiger partial charge in [-0.05, 0) is 18.2 Å². The van der Waals surface area contributed by atoms with E-state index in [0.717, 1.165) is 11.3 Å². The van der Waals surface area contributed by atoms with Gasteiger partial charge in [0.25, 0.3) is 5.91 Å². The maximum Gasteiger partial charge on any atom is 0.354 e. The molecule has 0 aliphatic rings. The summed E-state index contributed by atoms with van der Waals surface area (Å²) < 4.78 is 6.31. The van der Waals surface area contributed by atoms with E-state index in [1.165, 1.54) is 24.6 Å². The van der Waals surface area contributed by atoms with E-state index < -0.39 is 5.97 Å². The Bertz CT molecular complexity index is 1130. The molecule has 8 nitrogen and oxygen atoms in total. The van der Waals surface area contributed by atoms with Crippen molar-refractivity contribution in [2.75, 3.05) is 12.4 Å². The van der Waals surface area contributed by atoms with Crippen LogP contribution in [0, 0.1) is 0 Å². The van der Waals surface area contributed by atoms with E-state index in [1.54, 1.807) is 28.5 Å². The summed E-state index contributed by atoms with van der Waals surface area (Å²) in [7, 11) is 1.32. The Morgan fingerprint density at radius 3 is 2.86 bits per heavy atom. The number of esters is 1. The van der Waals surface area contributed by atoms with Gasteiger partial charge in [0.15, 0.2) is 5.13 Å². The Morgan fingerprint density at radius 2 is 2.07 bits per heavy atom. The highest BCUT2D eigenvalue weighted by atomic mass is 32.1. The van der Waals surface area contributed by atoms with E-state index in [1.807, 2.05) is 30.3 Å². The Kier molecular flexibility index (Phi) is 4.73. The topological polar surface area (TPSA) is 102 Å². The molecule has 4 rings (SSSR count). The first kappa shape index (κ1) is 17.7. The number of H-pyrrole nitrogens is 1. The van der Waals surface area contributed by atoms with E-state index in [4.69, 9.17) is 0 Å². The fourth-order valence-corrected chi connectivity index (χ4v) is 3.28. The lowest BCUT2D eigenvalue weighted by atomic mass is 10.2. The monoisotopic (exact) mass is 393 g/mol. The summed E-state index contributed by atoms with van der Waals surface area (Å²) in [5, 5.41) is 9.24. The van der Waals surface area contributed by atoms with Crippen LogP contribution in [0.4, 0.5) is 5.13 Å². The van der Waals surface area contributed by atoms with E-state index >= 15 is 0 Å². The van der Waals surface area contributed by atoms with Gasteiger partial charge in [-0.25, -0.2) is 14.5 Å². The number of aromatic nitrogens is 4. The summed E-state index contributed by atoms with van der Waals surface area (Å²) in [6, 6.07) is 11.2. The maximum atomic E-state index is 12.5. The molecule has 3 heterocycles. The fraction of sp³-hybridized carbons (Fsp3) is 0.0526. The van der Waals surface area contributed by atoms with Crippen molar-refractivity contribution in [1.82, 2.24) is 19.7 Å². The molecule has 1 aromatic carbocycles. The average Bonchev–Trinajstić information content (AvgIpc) is 3.47. The number of rotatable bonds is 5. The minimum atomic E-state index is -0.453. The molecule has 0 spiro atoms. The minimum absolute atomic E-state index is 0.299. The molecular weight excluding hydrogens is 378 g/mol. The molecule has 28 heavy (non-hydrogen) atoms. The number of anilines is 1. The number of nitrogens with zero attached hydrogens (tertiary/aromatic N) is 3. The fourth-order valence-electron chi connectivity index (χ4n) is 2.57. The van der Waals surface area contributed by atoms with Crippen molar-refractivity contribution in [2.24, 2.45) is 0 Å². The first-order valence-electron chi connectivity index (χ1n) is 8.28. The second-order valence-electron chi connectivity index (χ2n) is 5.79. The summed E-state index contributed by atoms with van der Waals surface area (Å²) >= 11 is 1.29. The number of hydrogen-bond acceptors (Lipinski definition) is 6. The molecule has 9 heteroatoms. The first-order valence-corrected chi connectivity index (χ1v) is 9.16. The van der Waals surface area contributed by atoms with E-state index in [0.29, 0.717) is 22.1 Å². The first-order chi connectivity index (χ1) is 13.6. The zero-order valence-electron chi connectivity index (χ0n) is 14.7. The van der Waals surface area contributed by atoms with Crippen LogP contribution in [0.3, 0.4) is 0 Å². The number of thiazole rings is 1. The third-order valence-corrected chi connectivity index (χ3v) is 4.73. The van der Waals surface area contributed by atoms with Crippen LogP contribution in [0.2, 0.25) is 0 Å². The number of methoxy groups -OCH3 is 1. The maximum absolute atomic E-state index is 12.5. The van der Waals surface area contributed by atoms with Crippen molar-refractivity contribution in [3.63, 3.8) is 0 Å². The summed E-state index contributed by atoms with van der Waals surface area (Å²) in [5.74, 6) is -0.752. The molecule has 0 aliphatic heterocycles. The number of carbonyl (C=O) groups excluding carboxylic acids is 2. The van der Waals surface area contributed by atoms with Crippen molar-refractivity contribution in [2.45, 2.75) is 0 Å². The standard InChI is InChI=1S/C19H15N5O3S/c1-27-18(26)15-7-12(8-20-15)16-11-28-19(22-16)23-17(25)13-9-21-24(10-13)14-5-3-2-4-6-14/h2-11,20H,1H3,(H,22,23,25). The molecule has 1 amide bonds. The second kappa shape index (κ2) is 7.49. The molecule has 0 fully saturated rings. The number of aromatic amines is 1. The molecule has 4 aromatic rings. The van der Waals surface area contributed by atoms with E-state index in [2.05, 4.69) is 25.1 Å². The van der Waals surface area contributed by atoms with Crippen molar-refractivity contribution in [3.8, 4) is 16.9 Å². The van der Waals surface area contributed by atoms with E-state index in [9.17, 15) is 9.59 Å². The lowest BCUT2D eigenvalue weighted by molar-refractivity contribution is 0.0594. The highest BCUT2D eigenvalue weighted by Gasteiger charge is 2.14. The molecule has 0 saturated heterocycles. The molecule has 2 N–H and O–H groups in total. The molecule has 0 bridgehead atoms. The molecule has 140 valence electrons. The quantitative estimate of drug-likeness (QED) is 0.506. The lowest BCUT2D eigenvalue weighted by Crippen LogP contribution is -2.10. The Hall–Kier alpha value is -3.72. The highest BCUT2D eigenvalue weighted by molar-refractivity contribution is 7.14. The van der Waals surface area contributed by atoms with Crippen molar-refractivity contribution >= 4 is 28.3 Å². The number of ether oxygens (including phenoxy) is 1. The number of nitrogens with one attached hydrogen (secondary N) is 2.